The van der Waals surface area contributed by atoms with Crippen LogP contribution in [0.15, 0.2) is 18.2 Å². The Balaban J connectivity index is 1.64. The fourth-order valence-electron chi connectivity index (χ4n) is 3.78. The minimum atomic E-state index is -0.118. The summed E-state index contributed by atoms with van der Waals surface area (Å²) in [6.45, 7) is 11.0. The van der Waals surface area contributed by atoms with Gasteiger partial charge in [-0.2, -0.15) is 0 Å². The molecule has 2 atom stereocenters. The SMILES string of the molecule is CC1CCCC(C)N1CCc1ccc2c(c1)NCC(C)(C)O2. The average Bonchev–Trinajstić information content (AvgIpc) is 2.46. The van der Waals surface area contributed by atoms with Crippen LogP contribution < -0.4 is 10.1 Å². The third-order valence-electron chi connectivity index (χ3n) is 5.17. The van der Waals surface area contributed by atoms with Crippen molar-refractivity contribution in [2.24, 2.45) is 0 Å². The molecule has 0 saturated carbocycles. The Hall–Kier alpha value is -1.22. The summed E-state index contributed by atoms with van der Waals surface area (Å²) in [6.07, 6.45) is 5.19. The Morgan fingerprint density at radius 3 is 2.68 bits per heavy atom. The van der Waals surface area contributed by atoms with Crippen molar-refractivity contribution in [2.75, 3.05) is 18.4 Å². The molecule has 3 rings (SSSR count). The smallest absolute Gasteiger partial charge is 0.143 e. The quantitative estimate of drug-likeness (QED) is 0.910. The Labute approximate surface area is 135 Å². The molecule has 3 nitrogen and oxygen atoms in total. The molecule has 1 saturated heterocycles. The molecule has 2 heterocycles. The highest BCUT2D eigenvalue weighted by Crippen LogP contribution is 2.33. The molecule has 3 heteroatoms. The van der Waals surface area contributed by atoms with Crippen molar-refractivity contribution in [2.45, 2.75) is 71.1 Å². The van der Waals surface area contributed by atoms with E-state index in [1.54, 1.807) is 0 Å². The molecule has 2 aliphatic rings. The van der Waals surface area contributed by atoms with Crippen molar-refractivity contribution in [3.8, 4) is 5.75 Å². The number of benzene rings is 1. The zero-order valence-corrected chi connectivity index (χ0v) is 14.5. The van der Waals surface area contributed by atoms with Crippen LogP contribution >= 0.6 is 0 Å². The maximum Gasteiger partial charge on any atom is 0.143 e. The number of anilines is 1. The van der Waals surface area contributed by atoms with Gasteiger partial charge in [0.25, 0.3) is 0 Å². The van der Waals surface area contributed by atoms with Gasteiger partial charge in [-0.15, -0.1) is 0 Å². The molecule has 1 fully saturated rings. The van der Waals surface area contributed by atoms with Crippen LogP contribution in [-0.4, -0.2) is 35.7 Å². The fraction of sp³-hybridized carbons (Fsp3) is 0.684. The van der Waals surface area contributed by atoms with Gasteiger partial charge in [-0.3, -0.25) is 4.90 Å². The zero-order valence-electron chi connectivity index (χ0n) is 14.5. The van der Waals surface area contributed by atoms with Crippen molar-refractivity contribution < 1.29 is 4.74 Å². The number of ether oxygens (including phenoxy) is 1. The Kier molecular flexibility index (Phi) is 4.35. The van der Waals surface area contributed by atoms with Gasteiger partial charge in [0, 0.05) is 18.6 Å². The lowest BCUT2D eigenvalue weighted by atomic mass is 9.96. The minimum absolute atomic E-state index is 0.118. The summed E-state index contributed by atoms with van der Waals surface area (Å²) in [4.78, 5) is 2.68. The van der Waals surface area contributed by atoms with Crippen LogP contribution in [0.25, 0.3) is 0 Å². The van der Waals surface area contributed by atoms with Crippen molar-refractivity contribution in [3.05, 3.63) is 23.8 Å². The summed E-state index contributed by atoms with van der Waals surface area (Å²) in [5.74, 6) is 0.986. The van der Waals surface area contributed by atoms with Crippen molar-refractivity contribution >= 4 is 5.69 Å². The first kappa shape index (κ1) is 15.7. The van der Waals surface area contributed by atoms with E-state index < -0.39 is 0 Å². The summed E-state index contributed by atoms with van der Waals surface area (Å²) < 4.78 is 6.03. The second-order valence-electron chi connectivity index (χ2n) is 7.66. The van der Waals surface area contributed by atoms with Crippen LogP contribution in [0.3, 0.4) is 0 Å². The van der Waals surface area contributed by atoms with E-state index in [0.717, 1.165) is 43.0 Å². The highest BCUT2D eigenvalue weighted by atomic mass is 16.5. The van der Waals surface area contributed by atoms with Crippen LogP contribution in [-0.2, 0) is 6.42 Å². The van der Waals surface area contributed by atoms with E-state index in [0.29, 0.717) is 0 Å². The van der Waals surface area contributed by atoms with Crippen LogP contribution in [0.2, 0.25) is 0 Å². The second-order valence-corrected chi connectivity index (χ2v) is 7.66. The third-order valence-corrected chi connectivity index (χ3v) is 5.17. The molecule has 2 unspecified atom stereocenters. The number of hydrogen-bond donors (Lipinski definition) is 1. The number of piperidine rings is 1. The number of nitrogens with one attached hydrogen (secondary N) is 1. The van der Waals surface area contributed by atoms with Crippen molar-refractivity contribution in [1.82, 2.24) is 4.90 Å². The van der Waals surface area contributed by atoms with E-state index in [1.165, 1.54) is 24.8 Å². The maximum absolute atomic E-state index is 6.03. The standard InChI is InChI=1S/C19H30N2O/c1-14-6-5-7-15(2)21(14)11-10-16-8-9-18-17(12-16)20-13-19(3,4)22-18/h8-9,12,14-15,20H,5-7,10-11,13H2,1-4H3. The number of hydrogen-bond acceptors (Lipinski definition) is 3. The van der Waals surface area contributed by atoms with Crippen LogP contribution in [0.4, 0.5) is 5.69 Å². The molecule has 0 aromatic heterocycles. The molecular formula is C19H30N2O. The number of likely N-dealkylation sites (tertiary alicyclic amines) is 1. The number of fused-ring (bicyclic) bond motifs is 1. The molecule has 22 heavy (non-hydrogen) atoms. The van der Waals surface area contributed by atoms with Crippen LogP contribution in [0, 0.1) is 0 Å². The molecule has 0 amide bonds. The van der Waals surface area contributed by atoms with Gasteiger partial charge < -0.3 is 10.1 Å². The van der Waals surface area contributed by atoms with Crippen LogP contribution in [0.5, 0.6) is 5.75 Å². The molecule has 0 aliphatic carbocycles. The summed E-state index contributed by atoms with van der Waals surface area (Å²) in [7, 11) is 0. The highest BCUT2D eigenvalue weighted by Gasteiger charge is 2.27. The molecule has 2 aliphatic heterocycles. The van der Waals surface area contributed by atoms with Gasteiger partial charge in [-0.05, 0) is 64.7 Å². The van der Waals surface area contributed by atoms with Gasteiger partial charge in [0.1, 0.15) is 11.4 Å². The van der Waals surface area contributed by atoms with Gasteiger partial charge >= 0.3 is 0 Å². The zero-order chi connectivity index (χ0) is 15.7. The van der Waals surface area contributed by atoms with Gasteiger partial charge in [0.05, 0.1) is 12.2 Å². The van der Waals surface area contributed by atoms with Crippen LogP contribution in [0.1, 0.15) is 52.5 Å². The second kappa shape index (κ2) is 6.11. The van der Waals surface area contributed by atoms with Gasteiger partial charge in [0.15, 0.2) is 0 Å². The monoisotopic (exact) mass is 302 g/mol. The van der Waals surface area contributed by atoms with Gasteiger partial charge in [0.2, 0.25) is 0 Å². The van der Waals surface area contributed by atoms with Gasteiger partial charge in [-0.1, -0.05) is 12.5 Å². The summed E-state index contributed by atoms with van der Waals surface area (Å²) in [5.41, 5.74) is 2.43. The largest absolute Gasteiger partial charge is 0.484 e. The Bertz CT molecular complexity index is 516. The molecule has 1 aromatic rings. The van der Waals surface area contributed by atoms with Crippen molar-refractivity contribution in [1.29, 1.82) is 0 Å². The van der Waals surface area contributed by atoms with E-state index in [1.807, 2.05) is 0 Å². The van der Waals surface area contributed by atoms with Gasteiger partial charge in [-0.25, -0.2) is 0 Å². The van der Waals surface area contributed by atoms with E-state index >= 15 is 0 Å². The predicted molar refractivity (Wildman–Crippen MR) is 92.8 cm³/mol. The summed E-state index contributed by atoms with van der Waals surface area (Å²) in [6, 6.07) is 8.07. The molecule has 1 aromatic carbocycles. The van der Waals surface area contributed by atoms with Crippen molar-refractivity contribution in [3.63, 3.8) is 0 Å². The lowest BCUT2D eigenvalue weighted by Crippen LogP contribution is -2.44. The first-order chi connectivity index (χ1) is 10.4. The lowest BCUT2D eigenvalue weighted by Gasteiger charge is -2.39. The Morgan fingerprint density at radius 1 is 1.23 bits per heavy atom. The van der Waals surface area contributed by atoms with E-state index in [-0.39, 0.29) is 5.60 Å². The predicted octanol–water partition coefficient (Wildman–Crippen LogP) is 4.07. The average molecular weight is 302 g/mol. The summed E-state index contributed by atoms with van der Waals surface area (Å²) in [5, 5.41) is 3.51. The third kappa shape index (κ3) is 3.40. The Morgan fingerprint density at radius 2 is 1.95 bits per heavy atom. The van der Waals surface area contributed by atoms with E-state index in [9.17, 15) is 0 Å². The molecular weight excluding hydrogens is 272 g/mol. The fourth-order valence-corrected chi connectivity index (χ4v) is 3.78. The van der Waals surface area contributed by atoms with E-state index in [2.05, 4.69) is 56.1 Å². The first-order valence-electron chi connectivity index (χ1n) is 8.76. The minimum Gasteiger partial charge on any atom is -0.484 e. The lowest BCUT2D eigenvalue weighted by molar-refractivity contribution is 0.105. The maximum atomic E-state index is 6.03. The molecule has 122 valence electrons. The molecule has 0 radical (unpaired) electrons. The highest BCUT2D eigenvalue weighted by molar-refractivity contribution is 5.60. The topological polar surface area (TPSA) is 24.5 Å². The number of rotatable bonds is 3. The molecule has 0 spiro atoms. The molecule has 0 bridgehead atoms. The normalized spacial score (nSPS) is 27.6. The first-order valence-corrected chi connectivity index (χ1v) is 8.76. The van der Waals surface area contributed by atoms with E-state index in [4.69, 9.17) is 4.74 Å². The number of nitrogens with zero attached hydrogens (tertiary/aromatic N) is 1. The summed E-state index contributed by atoms with van der Waals surface area (Å²) >= 11 is 0. The molecule has 1 N–H and O–H groups in total.